The normalized spacial score (nSPS) is 12.3. The second-order valence-electron chi connectivity index (χ2n) is 4.91. The van der Waals surface area contributed by atoms with Crippen LogP contribution in [0.5, 0.6) is 5.88 Å². The fraction of sp³-hybridized carbons (Fsp3) is 0.286. The van der Waals surface area contributed by atoms with Crippen molar-refractivity contribution >= 4 is 33.6 Å². The molecule has 0 aromatic carbocycles. The monoisotopic (exact) mass is 419 g/mol. The van der Waals surface area contributed by atoms with Crippen molar-refractivity contribution in [3.05, 3.63) is 35.1 Å². The van der Waals surface area contributed by atoms with E-state index in [1.807, 2.05) is 0 Å². The number of sulfonamides is 1. The summed E-state index contributed by atoms with van der Waals surface area (Å²) < 4.78 is 44.2. The predicted molar refractivity (Wildman–Crippen MR) is 92.7 cm³/mol. The highest BCUT2D eigenvalue weighted by Gasteiger charge is 2.26. The topological polar surface area (TPSA) is 143 Å². The van der Waals surface area contributed by atoms with Crippen LogP contribution in [0.25, 0.3) is 0 Å². The van der Waals surface area contributed by atoms with Gasteiger partial charge in [0.05, 0.1) is 6.61 Å². The Morgan fingerprint density at radius 3 is 2.85 bits per heavy atom. The van der Waals surface area contributed by atoms with Crippen molar-refractivity contribution in [3.63, 3.8) is 0 Å². The van der Waals surface area contributed by atoms with Gasteiger partial charge in [-0.05, 0) is 13.0 Å². The molecule has 0 spiro atoms. The van der Waals surface area contributed by atoms with E-state index in [4.69, 9.17) is 16.3 Å². The molecule has 2 heterocycles. The molecule has 10 nitrogen and oxygen atoms in total. The van der Waals surface area contributed by atoms with Crippen LogP contribution >= 0.6 is 11.6 Å². The summed E-state index contributed by atoms with van der Waals surface area (Å²) in [6.45, 7) is 0.766. The van der Waals surface area contributed by atoms with Gasteiger partial charge in [-0.3, -0.25) is 5.32 Å². The number of rotatable bonds is 7. The van der Waals surface area contributed by atoms with E-state index in [9.17, 15) is 22.7 Å². The summed E-state index contributed by atoms with van der Waals surface area (Å²) in [5, 5.41) is 11.0. The first-order valence-corrected chi connectivity index (χ1v) is 9.33. The van der Waals surface area contributed by atoms with Crippen molar-refractivity contribution in [1.29, 1.82) is 0 Å². The number of hydrogen-bond acceptors (Lipinski definition) is 8. The quantitative estimate of drug-likeness (QED) is 0.572. The van der Waals surface area contributed by atoms with Crippen molar-refractivity contribution < 1.29 is 27.4 Å². The average Bonchev–Trinajstić information content (AvgIpc) is 2.60. The van der Waals surface area contributed by atoms with Crippen LogP contribution in [-0.2, 0) is 10.0 Å². The van der Waals surface area contributed by atoms with Gasteiger partial charge in [0, 0.05) is 17.8 Å². The fourth-order valence-electron chi connectivity index (χ4n) is 1.94. The number of halogens is 2. The number of carbonyl (C=O) groups excluding carboxylic acids is 1. The molecule has 0 fully saturated rings. The van der Waals surface area contributed by atoms with Crippen LogP contribution in [0.2, 0.25) is 5.15 Å². The first-order valence-electron chi connectivity index (χ1n) is 7.47. The van der Waals surface area contributed by atoms with Crippen molar-refractivity contribution in [2.45, 2.75) is 18.1 Å². The van der Waals surface area contributed by atoms with Crippen molar-refractivity contribution in [2.24, 2.45) is 0 Å². The summed E-state index contributed by atoms with van der Waals surface area (Å²) in [4.78, 5) is 23.2. The Morgan fingerprint density at radius 2 is 2.19 bits per heavy atom. The number of anilines is 1. The third-order valence-corrected chi connectivity index (χ3v) is 4.47. The van der Waals surface area contributed by atoms with Gasteiger partial charge in [-0.2, -0.15) is 13.4 Å². The number of nitrogens with zero attached hydrogens (tertiary/aromatic N) is 3. The van der Waals surface area contributed by atoms with Gasteiger partial charge in [0.25, 0.3) is 10.0 Å². The minimum absolute atomic E-state index is 0.0373. The van der Waals surface area contributed by atoms with Gasteiger partial charge < -0.3 is 9.84 Å². The lowest BCUT2D eigenvalue weighted by atomic mass is 10.2. The highest BCUT2D eigenvalue weighted by Crippen LogP contribution is 2.21. The highest BCUT2D eigenvalue weighted by molar-refractivity contribution is 7.90. The van der Waals surface area contributed by atoms with E-state index in [1.165, 1.54) is 18.2 Å². The second-order valence-corrected chi connectivity index (χ2v) is 6.90. The van der Waals surface area contributed by atoms with Crippen LogP contribution in [0.3, 0.4) is 0 Å². The van der Waals surface area contributed by atoms with Gasteiger partial charge in [0.2, 0.25) is 11.8 Å². The number of carbonyl (C=O) groups is 1. The zero-order chi connectivity index (χ0) is 20.0. The average molecular weight is 420 g/mol. The van der Waals surface area contributed by atoms with E-state index >= 15 is 0 Å². The Morgan fingerprint density at radius 1 is 1.44 bits per heavy atom. The number of pyridine rings is 1. The molecule has 0 bridgehead atoms. The van der Waals surface area contributed by atoms with Crippen LogP contribution in [0.4, 0.5) is 15.1 Å². The molecule has 2 amide bonds. The SMILES string of the molecule is CCOc1cc(Cl)nc(NC(=O)NS(=O)(=O)c2ncccc2C(O)CF)n1. The smallest absolute Gasteiger partial charge is 0.335 e. The Labute approximate surface area is 158 Å². The second kappa shape index (κ2) is 8.88. The minimum Gasteiger partial charge on any atom is -0.478 e. The van der Waals surface area contributed by atoms with E-state index in [-0.39, 0.29) is 29.2 Å². The molecule has 27 heavy (non-hydrogen) atoms. The lowest BCUT2D eigenvalue weighted by Crippen LogP contribution is -2.36. The van der Waals surface area contributed by atoms with E-state index in [0.717, 1.165) is 6.20 Å². The molecule has 2 aromatic rings. The molecule has 1 unspecified atom stereocenters. The number of aliphatic hydroxyl groups excluding tert-OH is 1. The number of aliphatic hydroxyl groups is 1. The lowest BCUT2D eigenvalue weighted by Gasteiger charge is -2.13. The number of amides is 2. The van der Waals surface area contributed by atoms with Crippen LogP contribution in [-0.4, -0.2) is 47.8 Å². The maximum absolute atomic E-state index is 12.7. The maximum atomic E-state index is 12.7. The van der Waals surface area contributed by atoms with E-state index < -0.39 is 33.9 Å². The van der Waals surface area contributed by atoms with E-state index in [2.05, 4.69) is 20.3 Å². The molecular formula is C14H15ClFN5O5S. The number of hydrogen-bond donors (Lipinski definition) is 3. The highest BCUT2D eigenvalue weighted by atomic mass is 35.5. The zero-order valence-corrected chi connectivity index (χ0v) is 15.5. The fourth-order valence-corrected chi connectivity index (χ4v) is 3.22. The van der Waals surface area contributed by atoms with Crippen LogP contribution in [0, 0.1) is 0 Å². The minimum atomic E-state index is -4.52. The first-order chi connectivity index (χ1) is 12.8. The van der Waals surface area contributed by atoms with Crippen LogP contribution in [0.15, 0.2) is 29.4 Å². The molecule has 0 saturated carbocycles. The largest absolute Gasteiger partial charge is 0.478 e. The summed E-state index contributed by atoms with van der Waals surface area (Å²) in [6, 6.07) is 2.59. The molecule has 2 rings (SSSR count). The number of urea groups is 1. The van der Waals surface area contributed by atoms with E-state index in [1.54, 1.807) is 11.6 Å². The summed E-state index contributed by atoms with van der Waals surface area (Å²) in [5.74, 6) is -0.225. The summed E-state index contributed by atoms with van der Waals surface area (Å²) in [5.41, 5.74) is -0.294. The summed E-state index contributed by atoms with van der Waals surface area (Å²) >= 11 is 5.78. The summed E-state index contributed by atoms with van der Waals surface area (Å²) in [6.07, 6.45) is -0.589. The Kier molecular flexibility index (Phi) is 6.82. The van der Waals surface area contributed by atoms with Gasteiger partial charge in [-0.1, -0.05) is 17.7 Å². The first kappa shape index (κ1) is 20.7. The number of aromatic nitrogens is 3. The number of alkyl halides is 1. The van der Waals surface area contributed by atoms with Crippen molar-refractivity contribution in [3.8, 4) is 5.88 Å². The summed E-state index contributed by atoms with van der Waals surface area (Å²) in [7, 11) is -4.52. The molecule has 0 aliphatic carbocycles. The maximum Gasteiger partial charge on any atom is 0.335 e. The molecular weight excluding hydrogens is 405 g/mol. The Balaban J connectivity index is 2.21. The molecule has 0 aliphatic heterocycles. The molecule has 146 valence electrons. The molecule has 2 aromatic heterocycles. The molecule has 0 aliphatic rings. The standard InChI is InChI=1S/C14H15ClFN5O5S/c1-2-26-11-6-10(15)18-13(19-11)20-14(23)21-27(24,25)12-8(9(22)7-16)4-3-5-17-12/h3-6,9,22H,2,7H2,1H3,(H2,18,19,20,21,23). The van der Waals surface area contributed by atoms with Crippen molar-refractivity contribution in [2.75, 3.05) is 18.6 Å². The van der Waals surface area contributed by atoms with Gasteiger partial charge in [-0.25, -0.2) is 23.9 Å². The van der Waals surface area contributed by atoms with Gasteiger partial charge in [-0.15, -0.1) is 0 Å². The molecule has 13 heteroatoms. The van der Waals surface area contributed by atoms with Gasteiger partial charge in [0.15, 0.2) is 5.03 Å². The molecule has 3 N–H and O–H groups in total. The number of nitrogens with one attached hydrogen (secondary N) is 2. The molecule has 0 radical (unpaired) electrons. The van der Waals surface area contributed by atoms with Gasteiger partial charge in [0.1, 0.15) is 17.9 Å². The number of ether oxygens (including phenoxy) is 1. The van der Waals surface area contributed by atoms with Crippen molar-refractivity contribution in [1.82, 2.24) is 19.7 Å². The zero-order valence-electron chi connectivity index (χ0n) is 13.9. The molecule has 0 saturated heterocycles. The van der Waals surface area contributed by atoms with Gasteiger partial charge >= 0.3 is 6.03 Å². The van der Waals surface area contributed by atoms with E-state index in [0.29, 0.717) is 0 Å². The Bertz CT molecular complexity index is 930. The third kappa shape index (κ3) is 5.45. The molecule has 1 atom stereocenters. The predicted octanol–water partition coefficient (Wildman–Crippen LogP) is 1.44. The third-order valence-electron chi connectivity index (χ3n) is 2.98. The Hall–Kier alpha value is -2.57. The van der Waals surface area contributed by atoms with Crippen LogP contribution in [0.1, 0.15) is 18.6 Å². The lowest BCUT2D eigenvalue weighted by molar-refractivity contribution is 0.138. The van der Waals surface area contributed by atoms with Crippen LogP contribution < -0.4 is 14.8 Å².